The Bertz CT molecular complexity index is 403. The van der Waals surface area contributed by atoms with Gasteiger partial charge < -0.3 is 20.2 Å². The van der Waals surface area contributed by atoms with Crippen LogP contribution in [0, 0.1) is 6.92 Å². The van der Waals surface area contributed by atoms with E-state index in [-0.39, 0.29) is 31.4 Å². The summed E-state index contributed by atoms with van der Waals surface area (Å²) in [5.74, 6) is 0.204. The fourth-order valence-electron chi connectivity index (χ4n) is 1.20. The lowest BCUT2D eigenvalue weighted by Gasteiger charge is -1.98. The van der Waals surface area contributed by atoms with Gasteiger partial charge in [0.15, 0.2) is 0 Å². The smallest absolute Gasteiger partial charge is 0.341 e. The van der Waals surface area contributed by atoms with Crippen molar-refractivity contribution in [3.63, 3.8) is 0 Å². The number of nitrogens with one attached hydrogen (secondary N) is 1. The first-order valence-electron chi connectivity index (χ1n) is 4.73. The molecule has 1 heterocycles. The average molecular weight is 263 g/mol. The summed E-state index contributed by atoms with van der Waals surface area (Å²) in [7, 11) is 1.30. The summed E-state index contributed by atoms with van der Waals surface area (Å²) in [6, 6.07) is 1.54. The molecule has 0 aromatic carbocycles. The second-order valence-corrected chi connectivity index (χ2v) is 3.16. The molecule has 17 heavy (non-hydrogen) atoms. The molecule has 0 atom stereocenters. The maximum Gasteiger partial charge on any atom is 0.341 e. The van der Waals surface area contributed by atoms with Crippen LogP contribution in [0.15, 0.2) is 10.5 Å². The van der Waals surface area contributed by atoms with E-state index in [1.165, 1.54) is 13.2 Å². The number of amides is 1. The molecule has 0 spiro atoms. The molecule has 7 heteroatoms. The lowest BCUT2D eigenvalue weighted by atomic mass is 10.2. The lowest BCUT2D eigenvalue weighted by Crippen LogP contribution is -2.29. The van der Waals surface area contributed by atoms with Gasteiger partial charge in [-0.25, -0.2) is 4.79 Å². The van der Waals surface area contributed by atoms with E-state index in [2.05, 4.69) is 10.1 Å². The van der Waals surface area contributed by atoms with E-state index in [1.54, 1.807) is 6.92 Å². The molecule has 1 aromatic rings. The van der Waals surface area contributed by atoms with Crippen LogP contribution in [0.1, 0.15) is 21.9 Å². The number of carbonyl (C=O) groups is 2. The Hall–Kier alpha value is -1.53. The van der Waals surface area contributed by atoms with Crippen molar-refractivity contribution in [1.82, 2.24) is 5.32 Å². The van der Waals surface area contributed by atoms with Crippen LogP contribution in [0.3, 0.4) is 0 Å². The Morgan fingerprint density at radius 3 is 2.71 bits per heavy atom. The summed E-state index contributed by atoms with van der Waals surface area (Å²) in [5, 5.41) is 2.54. The van der Waals surface area contributed by atoms with Gasteiger partial charge in [0.25, 0.3) is 0 Å². The fourth-order valence-corrected chi connectivity index (χ4v) is 1.20. The number of rotatable bonds is 4. The summed E-state index contributed by atoms with van der Waals surface area (Å²) in [4.78, 5) is 22.1. The molecule has 0 fully saturated rings. The van der Waals surface area contributed by atoms with E-state index in [9.17, 15) is 9.59 Å². The van der Waals surface area contributed by atoms with Crippen molar-refractivity contribution in [2.24, 2.45) is 5.73 Å². The van der Waals surface area contributed by atoms with Crippen molar-refractivity contribution >= 4 is 24.3 Å². The number of carbonyl (C=O) groups excluding carboxylic acids is 2. The van der Waals surface area contributed by atoms with E-state index in [0.29, 0.717) is 17.1 Å². The monoisotopic (exact) mass is 262 g/mol. The zero-order valence-electron chi connectivity index (χ0n) is 9.61. The van der Waals surface area contributed by atoms with Crippen LogP contribution in [-0.2, 0) is 16.1 Å². The maximum atomic E-state index is 11.3. The highest BCUT2D eigenvalue weighted by Crippen LogP contribution is 2.15. The molecule has 0 radical (unpaired) electrons. The van der Waals surface area contributed by atoms with Gasteiger partial charge in [-0.3, -0.25) is 4.79 Å². The fraction of sp³-hybridized carbons (Fsp3) is 0.400. The van der Waals surface area contributed by atoms with Gasteiger partial charge in [0.1, 0.15) is 17.1 Å². The highest BCUT2D eigenvalue weighted by atomic mass is 35.5. The molecule has 6 nitrogen and oxygen atoms in total. The van der Waals surface area contributed by atoms with Crippen molar-refractivity contribution in [2.75, 3.05) is 13.7 Å². The minimum Gasteiger partial charge on any atom is -0.465 e. The van der Waals surface area contributed by atoms with Gasteiger partial charge in [0.05, 0.1) is 20.2 Å². The van der Waals surface area contributed by atoms with Crippen LogP contribution < -0.4 is 11.1 Å². The standard InChI is InChI=1S/C10H14N2O4.ClH/c1-6-8(10(14)15-2)3-7(16-6)5-12-9(13)4-11;/h3H,4-5,11H2,1-2H3,(H,12,13);1H. The molecule has 1 rings (SSSR count). The average Bonchev–Trinajstić information content (AvgIpc) is 2.66. The van der Waals surface area contributed by atoms with Gasteiger partial charge in [-0.1, -0.05) is 0 Å². The topological polar surface area (TPSA) is 94.6 Å². The first-order chi connectivity index (χ1) is 7.58. The number of ether oxygens (including phenoxy) is 1. The third-order valence-electron chi connectivity index (χ3n) is 2.02. The molecule has 1 amide bonds. The minimum absolute atomic E-state index is 0. The molecule has 1 aromatic heterocycles. The van der Waals surface area contributed by atoms with E-state index in [4.69, 9.17) is 10.2 Å². The van der Waals surface area contributed by atoms with Gasteiger partial charge in [0, 0.05) is 0 Å². The van der Waals surface area contributed by atoms with Gasteiger partial charge in [-0.15, -0.1) is 12.4 Å². The summed E-state index contributed by atoms with van der Waals surface area (Å²) in [6.07, 6.45) is 0. The first kappa shape index (κ1) is 15.5. The quantitative estimate of drug-likeness (QED) is 0.765. The summed E-state index contributed by atoms with van der Waals surface area (Å²) >= 11 is 0. The van der Waals surface area contributed by atoms with E-state index in [1.807, 2.05) is 0 Å². The van der Waals surface area contributed by atoms with Gasteiger partial charge in [-0.2, -0.15) is 0 Å². The summed E-state index contributed by atoms with van der Waals surface area (Å²) in [5.41, 5.74) is 5.48. The van der Waals surface area contributed by atoms with Crippen molar-refractivity contribution in [2.45, 2.75) is 13.5 Å². The van der Waals surface area contributed by atoms with Crippen molar-refractivity contribution in [1.29, 1.82) is 0 Å². The molecule has 96 valence electrons. The summed E-state index contributed by atoms with van der Waals surface area (Å²) < 4.78 is 9.85. The third kappa shape index (κ3) is 4.08. The van der Waals surface area contributed by atoms with Crippen molar-refractivity contribution in [3.05, 3.63) is 23.2 Å². The highest BCUT2D eigenvalue weighted by Gasteiger charge is 2.15. The molecule has 0 aliphatic heterocycles. The zero-order valence-corrected chi connectivity index (χ0v) is 10.4. The highest BCUT2D eigenvalue weighted by molar-refractivity contribution is 5.90. The Morgan fingerprint density at radius 1 is 1.53 bits per heavy atom. The number of esters is 1. The molecule has 0 saturated carbocycles. The number of aryl methyl sites for hydroxylation is 1. The predicted octanol–water partition coefficient (Wildman–Crippen LogP) is 0.371. The molecule has 0 saturated heterocycles. The van der Waals surface area contributed by atoms with Crippen molar-refractivity contribution < 1.29 is 18.7 Å². The second-order valence-electron chi connectivity index (χ2n) is 3.16. The second kappa shape index (κ2) is 6.93. The third-order valence-corrected chi connectivity index (χ3v) is 2.02. The zero-order chi connectivity index (χ0) is 12.1. The Morgan fingerprint density at radius 2 is 2.18 bits per heavy atom. The number of hydrogen-bond acceptors (Lipinski definition) is 5. The van der Waals surface area contributed by atoms with E-state index < -0.39 is 5.97 Å². The molecule has 0 bridgehead atoms. The number of methoxy groups -OCH3 is 1. The molecule has 0 aliphatic rings. The molecule has 0 aliphatic carbocycles. The molecular weight excluding hydrogens is 248 g/mol. The van der Waals surface area contributed by atoms with Crippen molar-refractivity contribution in [3.8, 4) is 0 Å². The summed E-state index contributed by atoms with van der Waals surface area (Å²) in [6.45, 7) is 1.78. The Kier molecular flexibility index (Phi) is 6.30. The van der Waals surface area contributed by atoms with Gasteiger partial charge in [-0.05, 0) is 13.0 Å². The van der Waals surface area contributed by atoms with Gasteiger partial charge >= 0.3 is 5.97 Å². The van der Waals surface area contributed by atoms with Crippen LogP contribution in [-0.4, -0.2) is 25.5 Å². The predicted molar refractivity (Wildman–Crippen MR) is 62.9 cm³/mol. The SMILES string of the molecule is COC(=O)c1cc(CNC(=O)CN)oc1C.Cl. The molecular formula is C10H15ClN2O4. The normalized spacial score (nSPS) is 9.35. The van der Waals surface area contributed by atoms with Crippen LogP contribution in [0.25, 0.3) is 0 Å². The van der Waals surface area contributed by atoms with Crippen LogP contribution in [0.4, 0.5) is 0 Å². The largest absolute Gasteiger partial charge is 0.465 e. The Balaban J connectivity index is 0.00000256. The lowest BCUT2D eigenvalue weighted by molar-refractivity contribution is -0.119. The van der Waals surface area contributed by atoms with E-state index >= 15 is 0 Å². The maximum absolute atomic E-state index is 11.3. The van der Waals surface area contributed by atoms with Gasteiger partial charge in [0.2, 0.25) is 5.91 Å². The number of hydrogen-bond donors (Lipinski definition) is 2. The van der Waals surface area contributed by atoms with Crippen LogP contribution >= 0.6 is 12.4 Å². The Labute approximate surface area is 105 Å². The number of nitrogens with two attached hydrogens (primary N) is 1. The number of furan rings is 1. The first-order valence-corrected chi connectivity index (χ1v) is 4.73. The van der Waals surface area contributed by atoms with Crippen LogP contribution in [0.5, 0.6) is 0 Å². The molecule has 0 unspecified atom stereocenters. The minimum atomic E-state index is -0.461. The van der Waals surface area contributed by atoms with Crippen LogP contribution in [0.2, 0.25) is 0 Å². The molecule has 3 N–H and O–H groups in total. The number of halogens is 1. The van der Waals surface area contributed by atoms with E-state index in [0.717, 1.165) is 0 Å².